The van der Waals surface area contributed by atoms with Gasteiger partial charge in [-0.25, -0.2) is 0 Å². The monoisotopic (exact) mass is 430 g/mol. The van der Waals surface area contributed by atoms with Crippen LogP contribution in [0.25, 0.3) is 0 Å². The van der Waals surface area contributed by atoms with Crippen molar-refractivity contribution < 1.29 is 9.53 Å². The van der Waals surface area contributed by atoms with Gasteiger partial charge in [-0.3, -0.25) is 9.69 Å². The first-order valence-electron chi connectivity index (χ1n) is 9.40. The van der Waals surface area contributed by atoms with E-state index in [1.807, 2.05) is 30.1 Å². The van der Waals surface area contributed by atoms with E-state index < -0.39 is 0 Å². The lowest BCUT2D eigenvalue weighted by atomic mass is 9.98. The van der Waals surface area contributed by atoms with Crippen LogP contribution in [0.2, 0.25) is 0 Å². The topological polar surface area (TPSA) is 32.8 Å². The predicted molar refractivity (Wildman–Crippen MR) is 112 cm³/mol. The first-order valence-corrected chi connectivity index (χ1v) is 10.2. The molecule has 1 aliphatic rings. The third-order valence-electron chi connectivity index (χ3n) is 5.16. The van der Waals surface area contributed by atoms with E-state index >= 15 is 0 Å². The summed E-state index contributed by atoms with van der Waals surface area (Å²) in [5.41, 5.74) is 2.41. The fourth-order valence-corrected chi connectivity index (χ4v) is 3.86. The summed E-state index contributed by atoms with van der Waals surface area (Å²) in [6.45, 7) is 2.20. The Balaban J connectivity index is 1.59. The van der Waals surface area contributed by atoms with Crippen molar-refractivity contribution in [3.63, 3.8) is 0 Å². The molecule has 0 bridgehead atoms. The Labute approximate surface area is 170 Å². The van der Waals surface area contributed by atoms with E-state index in [1.165, 1.54) is 11.1 Å². The summed E-state index contributed by atoms with van der Waals surface area (Å²) in [7, 11) is 4.01. The van der Waals surface area contributed by atoms with Crippen LogP contribution in [0.3, 0.4) is 0 Å². The van der Waals surface area contributed by atoms with Crippen LogP contribution in [0.1, 0.15) is 23.6 Å². The highest BCUT2D eigenvalue weighted by molar-refractivity contribution is 9.10. The summed E-state index contributed by atoms with van der Waals surface area (Å²) >= 11 is 3.44. The lowest BCUT2D eigenvalue weighted by molar-refractivity contribution is -0.134. The molecule has 2 aromatic carbocycles. The SMILES string of the molecule is CN(C[C@@H]1OCCN(C)[C@H]1c1ccccc1)C(=O)CCc1ccc(Br)cc1. The smallest absolute Gasteiger partial charge is 0.222 e. The highest BCUT2D eigenvalue weighted by Gasteiger charge is 2.32. The Morgan fingerprint density at radius 2 is 1.89 bits per heavy atom. The molecule has 0 radical (unpaired) electrons. The molecule has 5 heteroatoms. The van der Waals surface area contributed by atoms with Gasteiger partial charge < -0.3 is 9.64 Å². The van der Waals surface area contributed by atoms with Gasteiger partial charge in [-0.2, -0.15) is 0 Å². The molecule has 2 aromatic rings. The van der Waals surface area contributed by atoms with Gasteiger partial charge >= 0.3 is 0 Å². The van der Waals surface area contributed by atoms with Crippen LogP contribution in [-0.2, 0) is 16.0 Å². The summed E-state index contributed by atoms with van der Waals surface area (Å²) < 4.78 is 7.13. The zero-order valence-electron chi connectivity index (χ0n) is 16.0. The summed E-state index contributed by atoms with van der Waals surface area (Å²) in [5.74, 6) is 0.154. The number of benzene rings is 2. The summed E-state index contributed by atoms with van der Waals surface area (Å²) in [6, 6.07) is 18.7. The minimum atomic E-state index is -0.0206. The molecule has 0 N–H and O–H groups in total. The third-order valence-corrected chi connectivity index (χ3v) is 5.69. The van der Waals surface area contributed by atoms with Gasteiger partial charge in [0.1, 0.15) is 0 Å². The number of halogens is 1. The number of carbonyl (C=O) groups is 1. The molecule has 27 heavy (non-hydrogen) atoms. The van der Waals surface area contributed by atoms with Gasteiger partial charge in [-0.1, -0.05) is 58.4 Å². The number of rotatable bonds is 6. The van der Waals surface area contributed by atoms with Crippen molar-refractivity contribution in [2.45, 2.75) is 25.0 Å². The first kappa shape index (κ1) is 20.1. The zero-order valence-corrected chi connectivity index (χ0v) is 17.6. The molecule has 0 saturated carbocycles. The molecular formula is C22H27BrN2O2. The van der Waals surface area contributed by atoms with Crippen LogP contribution in [0, 0.1) is 0 Å². The van der Waals surface area contributed by atoms with Crippen LogP contribution in [0.5, 0.6) is 0 Å². The fourth-order valence-electron chi connectivity index (χ4n) is 3.60. The second-order valence-corrected chi connectivity index (χ2v) is 8.06. The van der Waals surface area contributed by atoms with E-state index in [0.29, 0.717) is 19.6 Å². The summed E-state index contributed by atoms with van der Waals surface area (Å²) in [5, 5.41) is 0. The third kappa shape index (κ3) is 5.41. The molecule has 0 unspecified atom stereocenters. The molecule has 1 amide bonds. The number of hydrogen-bond donors (Lipinski definition) is 0. The number of aryl methyl sites for hydroxylation is 1. The van der Waals surface area contributed by atoms with E-state index in [1.54, 1.807) is 0 Å². The number of hydrogen-bond acceptors (Lipinski definition) is 3. The summed E-state index contributed by atoms with van der Waals surface area (Å²) in [4.78, 5) is 16.8. The van der Waals surface area contributed by atoms with Crippen molar-refractivity contribution in [1.29, 1.82) is 0 Å². The first-order chi connectivity index (χ1) is 13.0. The van der Waals surface area contributed by atoms with Gasteiger partial charge in [0.05, 0.1) is 18.8 Å². The molecule has 1 fully saturated rings. The highest BCUT2D eigenvalue weighted by atomic mass is 79.9. The van der Waals surface area contributed by atoms with Gasteiger partial charge in [0.2, 0.25) is 5.91 Å². The number of amides is 1. The minimum Gasteiger partial charge on any atom is -0.373 e. The van der Waals surface area contributed by atoms with Gasteiger partial charge in [0.15, 0.2) is 0 Å². The van der Waals surface area contributed by atoms with Crippen LogP contribution in [-0.4, -0.2) is 55.6 Å². The molecule has 1 aliphatic heterocycles. The molecular weight excluding hydrogens is 404 g/mol. The van der Waals surface area contributed by atoms with Crippen LogP contribution in [0.4, 0.5) is 0 Å². The number of likely N-dealkylation sites (N-methyl/N-ethyl adjacent to an activating group) is 2. The summed E-state index contributed by atoms with van der Waals surface area (Å²) in [6.07, 6.45) is 1.24. The van der Waals surface area contributed by atoms with Crippen molar-refractivity contribution in [2.24, 2.45) is 0 Å². The Morgan fingerprint density at radius 3 is 2.59 bits per heavy atom. The lowest BCUT2D eigenvalue weighted by Gasteiger charge is -2.40. The van der Waals surface area contributed by atoms with E-state index in [0.717, 1.165) is 17.4 Å². The average molecular weight is 431 g/mol. The molecule has 1 heterocycles. The van der Waals surface area contributed by atoms with Gasteiger partial charge in [-0.05, 0) is 36.7 Å². The molecule has 4 nitrogen and oxygen atoms in total. The molecule has 2 atom stereocenters. The Morgan fingerprint density at radius 1 is 1.19 bits per heavy atom. The standard InChI is InChI=1S/C22H27BrN2O2/c1-24-14-15-27-20(22(24)18-6-4-3-5-7-18)16-25(2)21(26)13-10-17-8-11-19(23)12-9-17/h3-9,11-12,20,22H,10,13-16H2,1-2H3/t20-,22-/m0/s1. The van der Waals surface area contributed by atoms with E-state index in [-0.39, 0.29) is 18.1 Å². The van der Waals surface area contributed by atoms with Gasteiger partial charge in [0, 0.05) is 31.0 Å². The van der Waals surface area contributed by atoms with E-state index in [2.05, 4.69) is 64.3 Å². The zero-order chi connectivity index (χ0) is 19.2. The van der Waals surface area contributed by atoms with Crippen molar-refractivity contribution in [2.75, 3.05) is 33.8 Å². The van der Waals surface area contributed by atoms with Crippen molar-refractivity contribution in [3.8, 4) is 0 Å². The highest BCUT2D eigenvalue weighted by Crippen LogP contribution is 2.28. The van der Waals surface area contributed by atoms with Crippen LogP contribution in [0.15, 0.2) is 59.1 Å². The Bertz CT molecular complexity index is 736. The second kappa shape index (κ2) is 9.49. The normalized spacial score (nSPS) is 20.4. The number of morpholine rings is 1. The van der Waals surface area contributed by atoms with Crippen LogP contribution < -0.4 is 0 Å². The lowest BCUT2D eigenvalue weighted by Crippen LogP contribution is -2.48. The molecule has 3 rings (SSSR count). The maximum atomic E-state index is 12.6. The second-order valence-electron chi connectivity index (χ2n) is 7.15. The van der Waals surface area contributed by atoms with Gasteiger partial charge in [-0.15, -0.1) is 0 Å². The predicted octanol–water partition coefficient (Wildman–Crippen LogP) is 3.91. The van der Waals surface area contributed by atoms with Crippen molar-refractivity contribution in [1.82, 2.24) is 9.80 Å². The van der Waals surface area contributed by atoms with Crippen molar-refractivity contribution >= 4 is 21.8 Å². The molecule has 144 valence electrons. The molecule has 0 aliphatic carbocycles. The van der Waals surface area contributed by atoms with E-state index in [9.17, 15) is 4.79 Å². The molecule has 0 spiro atoms. The number of nitrogens with zero attached hydrogens (tertiary/aromatic N) is 2. The van der Waals surface area contributed by atoms with Gasteiger partial charge in [0.25, 0.3) is 0 Å². The Kier molecular flexibility index (Phi) is 7.05. The number of carbonyl (C=O) groups excluding carboxylic acids is 1. The Hall–Kier alpha value is -1.69. The van der Waals surface area contributed by atoms with Crippen molar-refractivity contribution in [3.05, 3.63) is 70.2 Å². The molecule has 0 aromatic heterocycles. The minimum absolute atomic E-state index is 0.0206. The van der Waals surface area contributed by atoms with E-state index in [4.69, 9.17) is 4.74 Å². The maximum Gasteiger partial charge on any atom is 0.222 e. The van der Waals surface area contributed by atoms with Crippen LogP contribution >= 0.6 is 15.9 Å². The largest absolute Gasteiger partial charge is 0.373 e. The number of ether oxygens (including phenoxy) is 1. The molecule has 1 saturated heterocycles. The quantitative estimate of drug-likeness (QED) is 0.696. The average Bonchev–Trinajstić information content (AvgIpc) is 2.68. The maximum absolute atomic E-state index is 12.6. The fraction of sp³-hybridized carbons (Fsp3) is 0.409.